The topological polar surface area (TPSA) is 222 Å². The Morgan fingerprint density at radius 3 is 0.975 bits per heavy atom. The van der Waals surface area contributed by atoms with Gasteiger partial charge in [0.15, 0.2) is 92.8 Å². The zero-order valence-corrected chi connectivity index (χ0v) is 60.9. The van der Waals surface area contributed by atoms with Gasteiger partial charge in [0.05, 0.1) is 29.1 Å². The van der Waals surface area contributed by atoms with Gasteiger partial charge in [0.1, 0.15) is 22.9 Å². The van der Waals surface area contributed by atoms with Crippen LogP contribution in [0.5, 0.6) is 34.5 Å². The summed E-state index contributed by atoms with van der Waals surface area (Å²) >= 11 is 0. The van der Waals surface area contributed by atoms with Gasteiger partial charge in [-0.05, 0) is 179 Å². The van der Waals surface area contributed by atoms with Crippen LogP contribution in [-0.4, -0.2) is 61.0 Å². The van der Waals surface area contributed by atoms with E-state index in [2.05, 4.69) is 48.8 Å². The third-order valence-electron chi connectivity index (χ3n) is 14.9. The predicted octanol–water partition coefficient (Wildman–Crippen LogP) is 20.4. The molecule has 0 aliphatic carbocycles. The third-order valence-corrected chi connectivity index (χ3v) is 14.9. The summed E-state index contributed by atoms with van der Waals surface area (Å²) in [6, 6.07) is 23.2. The van der Waals surface area contributed by atoms with E-state index in [-0.39, 0.29) is 46.4 Å². The first-order chi connectivity index (χ1) is 56.8. The molecule has 9 aromatic carbocycles. The Balaban J connectivity index is 0.000000227. The summed E-state index contributed by atoms with van der Waals surface area (Å²) in [5.41, 5.74) is -3.54. The number of carbonyl (C=O) groups excluding carboxylic acids is 6. The lowest BCUT2D eigenvalue weighted by molar-refractivity contribution is 0.0696. The van der Waals surface area contributed by atoms with E-state index in [1.54, 1.807) is 12.1 Å². The molecule has 122 heavy (non-hydrogen) atoms. The maximum atomic E-state index is 13.7. The molecule has 0 saturated heterocycles. The number of nitrogens with zero attached hydrogens (tertiary/aromatic N) is 5. The SMILES string of the molecule is C.Cc1cc(F)c(F)c(OC(=O)c2c(F)c(F)c([18F])c(F)c2F)c1F.Cc1cc(F)c(F)c(OC(=O)c2ccc([18F])cc2)c1F.Cc1cc(F)c(F)c(OC(=O)c2ccc([18F])nc2)c1F.Cc1cc(F)c(F)c(OC(=O)c2ccc([18F])nn2)c1F.Cc1cc(F)c(F)c(OC(=O)c2cnc([18F])cn2)c1F.Cc1ccc(OC(=O)c2cccc([18F])c2)cc1. The van der Waals surface area contributed by atoms with Gasteiger partial charge in [-0.1, -0.05) is 31.2 Å². The lowest BCUT2D eigenvalue weighted by Gasteiger charge is -2.11. The zero-order chi connectivity index (χ0) is 90.0. The van der Waals surface area contributed by atoms with Crippen LogP contribution >= 0.6 is 0 Å². The van der Waals surface area contributed by atoms with Crippen LogP contribution in [0.4, 0.5) is 110 Å². The number of hydrogen-bond donors (Lipinski definition) is 0. The summed E-state index contributed by atoms with van der Waals surface area (Å²) in [6.07, 6.45) is 2.18. The number of rotatable bonds is 12. The monoisotopic (exact) mass is 1740 g/mol. The maximum absolute atomic E-state index is 13.7. The molecule has 0 spiro atoms. The number of ether oxygens (including phenoxy) is 6. The molecule has 0 bridgehead atoms. The Hall–Kier alpha value is -14.6. The van der Waals surface area contributed by atoms with E-state index < -0.39 is 233 Å². The minimum Gasteiger partial charge on any atom is -0.423 e. The van der Waals surface area contributed by atoms with E-state index in [4.69, 9.17) is 4.74 Å². The van der Waals surface area contributed by atoms with Crippen molar-refractivity contribution in [1.82, 2.24) is 25.1 Å². The molecule has 12 aromatic rings. The Bertz CT molecular complexity index is 5310. The van der Waals surface area contributed by atoms with Crippen molar-refractivity contribution in [3.05, 3.63) is 359 Å². The number of aryl methyl sites for hydroxylation is 6. The van der Waals surface area contributed by atoms with Gasteiger partial charge in [-0.15, -0.1) is 10.2 Å². The van der Waals surface area contributed by atoms with E-state index in [1.807, 2.05) is 19.1 Å². The molecule has 0 unspecified atom stereocenters. The minimum atomic E-state index is -2.54. The average Bonchev–Trinajstić information content (AvgIpc) is 0.775. The zero-order valence-electron chi connectivity index (χ0n) is 60.9. The summed E-state index contributed by atoms with van der Waals surface area (Å²) in [5, 5.41) is 6.08. The molecule has 42 heteroatoms. The van der Waals surface area contributed by atoms with Gasteiger partial charge in [0, 0.05) is 6.20 Å². The van der Waals surface area contributed by atoms with Crippen LogP contribution in [0.25, 0.3) is 0 Å². The van der Waals surface area contributed by atoms with Crippen molar-refractivity contribution in [2.24, 2.45) is 0 Å². The highest BCUT2D eigenvalue weighted by molar-refractivity contribution is 5.93. The Morgan fingerprint density at radius 2 is 0.607 bits per heavy atom. The summed E-state index contributed by atoms with van der Waals surface area (Å²) in [6.45, 7) is 7.63. The Kier molecular flexibility index (Phi) is 33.2. The predicted molar refractivity (Wildman–Crippen MR) is 370 cm³/mol. The van der Waals surface area contributed by atoms with Crippen LogP contribution in [0.15, 0.2) is 146 Å². The van der Waals surface area contributed by atoms with Gasteiger partial charge in [-0.25, -0.2) is 118 Å². The second kappa shape index (κ2) is 42.2. The minimum absolute atomic E-state index is 0. The van der Waals surface area contributed by atoms with Crippen molar-refractivity contribution in [2.75, 3.05) is 0 Å². The molecule has 0 saturated carbocycles. The van der Waals surface area contributed by atoms with Gasteiger partial charge >= 0.3 is 35.8 Å². The molecule has 0 fully saturated rings. The van der Waals surface area contributed by atoms with Gasteiger partial charge in [-0.3, -0.25) is 0 Å². The highest BCUT2D eigenvalue weighted by Crippen LogP contribution is 2.34. The molecular weight excluding hydrogens is 1690 g/mol. The number of aromatic nitrogens is 5. The molecular formula is C80H46F25N5O12. The molecule has 0 radical (unpaired) electrons. The van der Waals surface area contributed by atoms with Crippen molar-refractivity contribution >= 4 is 35.8 Å². The Labute approximate surface area is 668 Å². The quantitative estimate of drug-likeness (QED) is 0.0277. The van der Waals surface area contributed by atoms with Crippen molar-refractivity contribution in [1.29, 1.82) is 0 Å². The lowest BCUT2D eigenvalue weighted by Crippen LogP contribution is -2.19. The normalized spacial score (nSPS) is 10.4. The highest BCUT2D eigenvalue weighted by atomic mass is 19.2. The molecule has 12 rings (SSSR count). The number of halogens is 25. The first-order valence-electron chi connectivity index (χ1n) is 32.5. The molecule has 0 atom stereocenters. The lowest BCUT2D eigenvalue weighted by atomic mass is 10.1. The number of carbonyl (C=O) groups is 6. The average molecular weight is 1740 g/mol. The van der Waals surface area contributed by atoms with Crippen LogP contribution in [-0.2, 0) is 0 Å². The maximum Gasteiger partial charge on any atom is 0.364 e. The number of pyridine rings is 1. The van der Waals surface area contributed by atoms with E-state index in [9.17, 15) is 139 Å². The van der Waals surface area contributed by atoms with E-state index in [0.717, 1.165) is 79.5 Å². The Morgan fingerprint density at radius 1 is 0.254 bits per heavy atom. The van der Waals surface area contributed by atoms with E-state index >= 15 is 0 Å². The van der Waals surface area contributed by atoms with Crippen LogP contribution in [0.2, 0.25) is 0 Å². The van der Waals surface area contributed by atoms with Crippen LogP contribution in [0.3, 0.4) is 0 Å². The molecule has 17 nitrogen and oxygen atoms in total. The van der Waals surface area contributed by atoms with Gasteiger partial charge < -0.3 is 28.4 Å². The molecule has 0 N–H and O–H groups in total. The number of hydrogen-bond acceptors (Lipinski definition) is 17. The fraction of sp³-hybridized carbons (Fsp3) is 0.0875. The van der Waals surface area contributed by atoms with Gasteiger partial charge in [0.25, 0.3) is 0 Å². The number of esters is 6. The summed E-state index contributed by atoms with van der Waals surface area (Å²) in [5.74, 6) is -51.9. The first kappa shape index (κ1) is 96.2. The smallest absolute Gasteiger partial charge is 0.364 e. The molecule has 3 aromatic heterocycles. The fourth-order valence-electron chi connectivity index (χ4n) is 8.79. The third kappa shape index (κ3) is 24.3. The van der Waals surface area contributed by atoms with Crippen molar-refractivity contribution in [2.45, 2.75) is 49.0 Å². The van der Waals surface area contributed by atoms with Crippen LogP contribution in [0.1, 0.15) is 103 Å². The summed E-state index contributed by atoms with van der Waals surface area (Å²) < 4.78 is 357. The van der Waals surface area contributed by atoms with Crippen LogP contribution in [0, 0.1) is 187 Å². The first-order valence-corrected chi connectivity index (χ1v) is 32.5. The van der Waals surface area contributed by atoms with Crippen LogP contribution < -0.4 is 28.4 Å². The van der Waals surface area contributed by atoms with E-state index in [0.29, 0.717) is 42.3 Å². The molecule has 0 aliphatic heterocycles. The molecule has 0 amide bonds. The summed E-state index contributed by atoms with van der Waals surface area (Å²) in [7, 11) is 0. The molecule has 3 heterocycles. The van der Waals surface area contributed by atoms with E-state index in [1.165, 1.54) is 45.9 Å². The largest absolute Gasteiger partial charge is 0.423 e. The second-order valence-electron chi connectivity index (χ2n) is 23.6. The highest BCUT2D eigenvalue weighted by Gasteiger charge is 2.34. The summed E-state index contributed by atoms with van der Waals surface area (Å²) in [4.78, 5) is 79.3. The number of benzene rings is 9. The standard InChI is InChI=1S/C14H4F8O2.C14H8F4O2.C14H11FO2.C13H7F4NO2.2C12H6F4N2O2.CH4/c1-3-2-4(15)7(17)13(6(3)16)24-14(23)5-8(18)10(20)12(22)11(21)9(5)19;1-7-6-10(16)12(18)13(11(7)17)20-14(19)8-2-4-9(15)5-3-8;1-10-5-7-13(8-6-10)17-14(16)11-3-2-4-12(15)9-11;1-6-4-8(14)11(17)12(10(6)16)20-13(19)7-2-3-9(15)18-5-7;1-5-2-6(13)10(16)11(9(5)15)20-12(19)7-3-18-8(14)4-17-7;1-5-4-6(13)10(16)11(9(5)15)20-12(19)7-2-3-8(14)18-17-7;/h2H,1H3;2-6H,1H3;2-9H,1H3;2-5H,1H3;2*2-4H,1H3;1H4/i22-1;3*15-1;2*14-1;. The fourth-order valence-corrected chi connectivity index (χ4v) is 8.79. The van der Waals surface area contributed by atoms with Crippen molar-refractivity contribution < 1.29 is 167 Å². The second-order valence-corrected chi connectivity index (χ2v) is 23.6. The molecule has 0 aliphatic rings. The van der Waals surface area contributed by atoms with Crippen molar-refractivity contribution in [3.8, 4) is 34.5 Å². The van der Waals surface area contributed by atoms with Gasteiger partial charge in [-0.2, -0.15) is 35.1 Å². The van der Waals surface area contributed by atoms with Crippen molar-refractivity contribution in [3.63, 3.8) is 0 Å². The van der Waals surface area contributed by atoms with Gasteiger partial charge in [0.2, 0.25) is 81.5 Å². The molecule has 638 valence electrons.